The van der Waals surface area contributed by atoms with E-state index in [1.54, 1.807) is 12.1 Å². The second-order valence-electron chi connectivity index (χ2n) is 10.2. The van der Waals surface area contributed by atoms with Crippen molar-refractivity contribution in [3.05, 3.63) is 125 Å². The predicted octanol–water partition coefficient (Wildman–Crippen LogP) is 7.94. The van der Waals surface area contributed by atoms with E-state index in [1.165, 1.54) is 23.3 Å². The SMILES string of the molecule is Cc1cccc(C(=O)Nc2ccc3c(c2)C[C@@H](NCc2cc4ccccc4o2)C3)c1-c1ccc(C(F)(F)F)cc1. The van der Waals surface area contributed by atoms with Gasteiger partial charge in [0.25, 0.3) is 5.91 Å². The second-order valence-corrected chi connectivity index (χ2v) is 10.2. The molecule has 1 aliphatic carbocycles. The summed E-state index contributed by atoms with van der Waals surface area (Å²) in [5.74, 6) is 0.586. The van der Waals surface area contributed by atoms with E-state index in [1.807, 2.05) is 55.5 Å². The van der Waals surface area contributed by atoms with Crippen molar-refractivity contribution >= 4 is 22.6 Å². The Morgan fingerprint density at radius 2 is 1.68 bits per heavy atom. The number of rotatable bonds is 6. The van der Waals surface area contributed by atoms with Crippen LogP contribution in [0.2, 0.25) is 0 Å². The molecule has 4 aromatic carbocycles. The van der Waals surface area contributed by atoms with Crippen molar-refractivity contribution in [2.45, 2.75) is 38.5 Å². The van der Waals surface area contributed by atoms with Crippen molar-refractivity contribution < 1.29 is 22.4 Å². The minimum absolute atomic E-state index is 0.261. The van der Waals surface area contributed by atoms with E-state index in [4.69, 9.17) is 4.42 Å². The highest BCUT2D eigenvalue weighted by molar-refractivity contribution is 6.09. The van der Waals surface area contributed by atoms with Gasteiger partial charge in [0.15, 0.2) is 0 Å². The van der Waals surface area contributed by atoms with Gasteiger partial charge in [-0.3, -0.25) is 4.79 Å². The van der Waals surface area contributed by atoms with Crippen LogP contribution in [0.1, 0.15) is 38.4 Å². The Bertz CT molecular complexity index is 1670. The van der Waals surface area contributed by atoms with E-state index < -0.39 is 11.7 Å². The van der Waals surface area contributed by atoms with Crippen molar-refractivity contribution in [2.24, 2.45) is 0 Å². The summed E-state index contributed by atoms with van der Waals surface area (Å²) in [4.78, 5) is 13.4. The lowest BCUT2D eigenvalue weighted by Gasteiger charge is -2.15. The van der Waals surface area contributed by atoms with Gasteiger partial charge in [-0.25, -0.2) is 0 Å². The smallest absolute Gasteiger partial charge is 0.416 e. The van der Waals surface area contributed by atoms with Gasteiger partial charge in [-0.05, 0) is 90.0 Å². The van der Waals surface area contributed by atoms with Crippen LogP contribution in [0.3, 0.4) is 0 Å². The first-order valence-electron chi connectivity index (χ1n) is 13.2. The van der Waals surface area contributed by atoms with E-state index >= 15 is 0 Å². The normalized spacial score (nSPS) is 14.8. The quantitative estimate of drug-likeness (QED) is 0.230. The van der Waals surface area contributed by atoms with Crippen molar-refractivity contribution in [3.63, 3.8) is 0 Å². The summed E-state index contributed by atoms with van der Waals surface area (Å²) >= 11 is 0. The molecule has 4 nitrogen and oxygen atoms in total. The van der Waals surface area contributed by atoms with Gasteiger partial charge in [0.2, 0.25) is 0 Å². The lowest BCUT2D eigenvalue weighted by Crippen LogP contribution is -2.28. The van der Waals surface area contributed by atoms with Gasteiger partial charge in [0.1, 0.15) is 11.3 Å². The number of halogens is 3. The molecule has 1 amide bonds. The van der Waals surface area contributed by atoms with Crippen LogP contribution in [-0.2, 0) is 25.6 Å². The van der Waals surface area contributed by atoms with Gasteiger partial charge in [-0.15, -0.1) is 0 Å². The highest BCUT2D eigenvalue weighted by Gasteiger charge is 2.30. The number of nitrogens with one attached hydrogen (secondary N) is 2. The van der Waals surface area contributed by atoms with Gasteiger partial charge < -0.3 is 15.1 Å². The van der Waals surface area contributed by atoms with Crippen LogP contribution in [0.5, 0.6) is 0 Å². The fraction of sp³-hybridized carbons (Fsp3) is 0.182. The third-order valence-electron chi connectivity index (χ3n) is 7.46. The molecule has 0 saturated carbocycles. The molecular weight excluding hydrogens is 513 g/mol. The summed E-state index contributed by atoms with van der Waals surface area (Å²) < 4.78 is 45.1. The minimum atomic E-state index is -4.42. The molecule has 0 radical (unpaired) electrons. The number of aryl methyl sites for hydroxylation is 1. The molecule has 2 N–H and O–H groups in total. The number of carbonyl (C=O) groups excluding carboxylic acids is 1. The summed E-state index contributed by atoms with van der Waals surface area (Å²) in [6.07, 6.45) is -2.69. The van der Waals surface area contributed by atoms with E-state index in [2.05, 4.69) is 16.7 Å². The Morgan fingerprint density at radius 3 is 2.45 bits per heavy atom. The maximum Gasteiger partial charge on any atom is 0.416 e. The molecule has 6 rings (SSSR count). The maximum absolute atomic E-state index is 13.4. The average molecular weight is 541 g/mol. The second kappa shape index (κ2) is 10.3. The number of amides is 1. The molecule has 202 valence electrons. The lowest BCUT2D eigenvalue weighted by molar-refractivity contribution is -0.137. The van der Waals surface area contributed by atoms with Gasteiger partial charge in [0, 0.05) is 22.7 Å². The number of fused-ring (bicyclic) bond motifs is 2. The topological polar surface area (TPSA) is 54.3 Å². The van der Waals surface area contributed by atoms with Crippen LogP contribution in [-0.4, -0.2) is 11.9 Å². The lowest BCUT2D eigenvalue weighted by atomic mass is 9.93. The number of furan rings is 1. The molecule has 1 atom stereocenters. The van der Waals surface area contributed by atoms with Gasteiger partial charge >= 0.3 is 6.18 Å². The van der Waals surface area contributed by atoms with Crippen LogP contribution in [0, 0.1) is 6.92 Å². The number of benzene rings is 4. The van der Waals surface area contributed by atoms with Crippen LogP contribution in [0.4, 0.5) is 18.9 Å². The summed E-state index contributed by atoms with van der Waals surface area (Å²) in [6.45, 7) is 2.48. The molecule has 0 aliphatic heterocycles. The fourth-order valence-electron chi connectivity index (χ4n) is 5.47. The first kappa shape index (κ1) is 25.9. The molecule has 40 heavy (non-hydrogen) atoms. The summed E-state index contributed by atoms with van der Waals surface area (Å²) in [5, 5.41) is 7.67. The van der Waals surface area contributed by atoms with E-state index in [-0.39, 0.29) is 11.9 Å². The monoisotopic (exact) mass is 540 g/mol. The first-order chi connectivity index (χ1) is 19.2. The summed E-state index contributed by atoms with van der Waals surface area (Å²) in [6, 6.07) is 26.4. The van der Waals surface area contributed by atoms with Gasteiger partial charge in [0.05, 0.1) is 12.1 Å². The number of alkyl halides is 3. The van der Waals surface area contributed by atoms with Gasteiger partial charge in [-0.1, -0.05) is 48.5 Å². The third-order valence-corrected chi connectivity index (χ3v) is 7.46. The first-order valence-corrected chi connectivity index (χ1v) is 13.2. The average Bonchev–Trinajstić information content (AvgIpc) is 3.54. The molecule has 0 unspecified atom stereocenters. The van der Waals surface area contributed by atoms with Crippen molar-refractivity contribution in [1.82, 2.24) is 5.32 Å². The van der Waals surface area contributed by atoms with Crippen LogP contribution in [0.15, 0.2) is 95.4 Å². The highest BCUT2D eigenvalue weighted by atomic mass is 19.4. The molecule has 1 aliphatic rings. The number of anilines is 1. The highest BCUT2D eigenvalue weighted by Crippen LogP contribution is 2.34. The number of para-hydroxylation sites is 1. The predicted molar refractivity (Wildman–Crippen MR) is 150 cm³/mol. The van der Waals surface area contributed by atoms with Crippen molar-refractivity contribution in [2.75, 3.05) is 5.32 Å². The third kappa shape index (κ3) is 5.25. The van der Waals surface area contributed by atoms with Crippen LogP contribution < -0.4 is 10.6 Å². The standard InChI is InChI=1S/C33H27F3N2O2/c1-20-5-4-7-29(31(20)21-9-12-25(13-10-21)33(34,35)36)32(39)38-26-14-11-22-15-27(17-24(22)16-26)37-19-28-18-23-6-2-3-8-30(23)40-28/h2-14,16,18,27,37H,15,17,19H2,1H3,(H,38,39)/t27-/m0/s1. The summed E-state index contributed by atoms with van der Waals surface area (Å²) in [7, 11) is 0. The Labute approximate surface area is 229 Å². The van der Waals surface area contributed by atoms with Crippen LogP contribution >= 0.6 is 0 Å². The molecule has 0 saturated heterocycles. The number of hydrogen-bond donors (Lipinski definition) is 2. The fourth-order valence-corrected chi connectivity index (χ4v) is 5.47. The van der Waals surface area contributed by atoms with E-state index in [0.29, 0.717) is 28.9 Å². The molecule has 0 fully saturated rings. The largest absolute Gasteiger partial charge is 0.460 e. The molecule has 0 spiro atoms. The Morgan fingerprint density at radius 1 is 0.900 bits per heavy atom. The molecule has 7 heteroatoms. The molecule has 5 aromatic rings. The molecule has 1 heterocycles. The van der Waals surface area contributed by atoms with E-state index in [9.17, 15) is 18.0 Å². The van der Waals surface area contributed by atoms with Crippen molar-refractivity contribution in [3.8, 4) is 11.1 Å². The molecular formula is C33H27F3N2O2. The zero-order valence-electron chi connectivity index (χ0n) is 21.8. The van der Waals surface area contributed by atoms with Crippen molar-refractivity contribution in [1.29, 1.82) is 0 Å². The van der Waals surface area contributed by atoms with Crippen LogP contribution in [0.25, 0.3) is 22.1 Å². The zero-order chi connectivity index (χ0) is 27.9. The summed E-state index contributed by atoms with van der Waals surface area (Å²) in [5.41, 5.74) is 5.64. The molecule has 0 bridgehead atoms. The molecule has 1 aromatic heterocycles. The number of carbonyl (C=O) groups is 1. The maximum atomic E-state index is 13.4. The Hall–Kier alpha value is -4.36. The Balaban J connectivity index is 1.15. The zero-order valence-corrected chi connectivity index (χ0v) is 21.8. The number of hydrogen-bond acceptors (Lipinski definition) is 3. The minimum Gasteiger partial charge on any atom is -0.460 e. The van der Waals surface area contributed by atoms with E-state index in [0.717, 1.165) is 47.3 Å². The van der Waals surface area contributed by atoms with Gasteiger partial charge in [-0.2, -0.15) is 13.2 Å². The Kier molecular flexibility index (Phi) is 6.68.